The molecule has 2 aromatic rings. The first kappa shape index (κ1) is 15.2. The Balaban J connectivity index is 1.94. The molecule has 0 aliphatic carbocycles. The topological polar surface area (TPSA) is 34.1 Å². The van der Waals surface area contributed by atoms with Crippen LogP contribution in [0.3, 0.4) is 0 Å². The number of hydrogen-bond donors (Lipinski definition) is 1. The number of aromatic nitrogens is 1. The Labute approximate surface area is 120 Å². The summed E-state index contributed by atoms with van der Waals surface area (Å²) in [5.74, 6) is -3.27. The van der Waals surface area contributed by atoms with E-state index in [9.17, 15) is 13.2 Å². The molecule has 1 aromatic carbocycles. The van der Waals surface area contributed by atoms with E-state index >= 15 is 0 Å². The van der Waals surface area contributed by atoms with Crippen LogP contribution < -0.4 is 10.1 Å². The summed E-state index contributed by atoms with van der Waals surface area (Å²) < 4.78 is 44.7. The molecule has 0 aliphatic rings. The average Bonchev–Trinajstić information content (AvgIpc) is 2.44. The Bertz CT molecular complexity index is 617. The zero-order chi connectivity index (χ0) is 15.4. The molecule has 0 radical (unpaired) electrons. The van der Waals surface area contributed by atoms with E-state index in [1.807, 2.05) is 31.2 Å². The molecule has 3 nitrogen and oxygen atoms in total. The van der Waals surface area contributed by atoms with Crippen molar-refractivity contribution in [2.75, 3.05) is 11.9 Å². The van der Waals surface area contributed by atoms with E-state index in [4.69, 9.17) is 4.74 Å². The highest BCUT2D eigenvalue weighted by atomic mass is 19.2. The van der Waals surface area contributed by atoms with Crippen molar-refractivity contribution in [3.8, 4) is 5.75 Å². The van der Waals surface area contributed by atoms with Crippen LogP contribution in [0.15, 0.2) is 30.3 Å². The number of halogens is 3. The quantitative estimate of drug-likeness (QED) is 0.855. The van der Waals surface area contributed by atoms with Gasteiger partial charge in [0, 0.05) is 6.07 Å². The second-order valence-corrected chi connectivity index (χ2v) is 4.76. The van der Waals surface area contributed by atoms with Crippen molar-refractivity contribution in [3.05, 3.63) is 53.5 Å². The van der Waals surface area contributed by atoms with Crippen molar-refractivity contribution in [3.63, 3.8) is 0 Å². The van der Waals surface area contributed by atoms with Crippen LogP contribution in [-0.4, -0.2) is 17.6 Å². The number of nitrogens with zero attached hydrogens (tertiary/aromatic N) is 1. The lowest BCUT2D eigenvalue weighted by molar-refractivity contribution is 0.303. The second kappa shape index (κ2) is 6.47. The van der Waals surface area contributed by atoms with Gasteiger partial charge in [0.15, 0.2) is 17.5 Å². The van der Waals surface area contributed by atoms with Crippen LogP contribution in [0.4, 0.5) is 19.0 Å². The molecule has 21 heavy (non-hydrogen) atoms. The van der Waals surface area contributed by atoms with Crippen molar-refractivity contribution in [2.45, 2.75) is 19.9 Å². The minimum absolute atomic E-state index is 0.225. The van der Waals surface area contributed by atoms with Crippen LogP contribution in [0, 0.1) is 24.5 Å². The molecule has 1 N–H and O–H groups in total. The van der Waals surface area contributed by atoms with Crippen LogP contribution in [0.5, 0.6) is 5.75 Å². The maximum atomic E-state index is 13.4. The van der Waals surface area contributed by atoms with Gasteiger partial charge >= 0.3 is 0 Å². The second-order valence-electron chi connectivity index (χ2n) is 4.76. The standard InChI is InChI=1S/C15H15F3N2O/c1-9-3-5-11(6-4-9)21-8-10(2)19-15-13(17)7-12(16)14(18)20-15/h3-7,10H,8H2,1-2H3,(H,19,20). The lowest BCUT2D eigenvalue weighted by Crippen LogP contribution is -2.25. The van der Waals surface area contributed by atoms with Gasteiger partial charge in [-0.2, -0.15) is 9.37 Å². The highest BCUT2D eigenvalue weighted by Crippen LogP contribution is 2.16. The highest BCUT2D eigenvalue weighted by molar-refractivity contribution is 5.37. The third-order valence-electron chi connectivity index (χ3n) is 2.79. The van der Waals surface area contributed by atoms with E-state index in [0.29, 0.717) is 11.8 Å². The Morgan fingerprint density at radius 1 is 1.14 bits per heavy atom. The number of aryl methyl sites for hydroxylation is 1. The van der Waals surface area contributed by atoms with E-state index in [2.05, 4.69) is 10.3 Å². The smallest absolute Gasteiger partial charge is 0.251 e. The van der Waals surface area contributed by atoms with Gasteiger partial charge in [-0.25, -0.2) is 8.78 Å². The fourth-order valence-corrected chi connectivity index (χ4v) is 1.68. The first-order valence-corrected chi connectivity index (χ1v) is 6.43. The Kier molecular flexibility index (Phi) is 4.67. The van der Waals surface area contributed by atoms with Crippen LogP contribution in [0.1, 0.15) is 12.5 Å². The monoisotopic (exact) mass is 296 g/mol. The lowest BCUT2D eigenvalue weighted by Gasteiger charge is -2.16. The number of rotatable bonds is 5. The zero-order valence-corrected chi connectivity index (χ0v) is 11.7. The maximum absolute atomic E-state index is 13.4. The molecule has 0 amide bonds. The van der Waals surface area contributed by atoms with E-state index in [1.165, 1.54) is 0 Å². The summed E-state index contributed by atoms with van der Waals surface area (Å²) in [6.45, 7) is 3.91. The normalized spacial score (nSPS) is 12.0. The number of anilines is 1. The SMILES string of the molecule is Cc1ccc(OCC(C)Nc2nc(F)c(F)cc2F)cc1. The molecule has 0 spiro atoms. The Morgan fingerprint density at radius 3 is 2.48 bits per heavy atom. The molecule has 1 aromatic heterocycles. The number of nitrogens with one attached hydrogen (secondary N) is 1. The predicted molar refractivity (Wildman–Crippen MR) is 73.9 cm³/mol. The van der Waals surface area contributed by atoms with Gasteiger partial charge in [0.25, 0.3) is 5.95 Å². The fraction of sp³-hybridized carbons (Fsp3) is 0.267. The van der Waals surface area contributed by atoms with Gasteiger partial charge < -0.3 is 10.1 Å². The minimum atomic E-state index is -1.34. The molecular weight excluding hydrogens is 281 g/mol. The summed E-state index contributed by atoms with van der Waals surface area (Å²) in [7, 11) is 0. The zero-order valence-electron chi connectivity index (χ0n) is 11.7. The van der Waals surface area contributed by atoms with E-state index < -0.39 is 17.6 Å². The predicted octanol–water partition coefficient (Wildman–Crippen LogP) is 3.69. The molecule has 1 unspecified atom stereocenters. The first-order chi connectivity index (χ1) is 9.95. The molecule has 0 bridgehead atoms. The van der Waals surface area contributed by atoms with Crippen molar-refractivity contribution in [1.82, 2.24) is 4.98 Å². The Morgan fingerprint density at radius 2 is 1.81 bits per heavy atom. The van der Waals surface area contributed by atoms with Gasteiger partial charge in [0.1, 0.15) is 12.4 Å². The van der Waals surface area contributed by atoms with E-state index in [1.54, 1.807) is 6.92 Å². The third kappa shape index (κ3) is 4.11. The van der Waals surface area contributed by atoms with E-state index in [-0.39, 0.29) is 18.5 Å². The Hall–Kier alpha value is -2.24. The number of benzene rings is 1. The van der Waals surface area contributed by atoms with Gasteiger partial charge in [0.05, 0.1) is 6.04 Å². The first-order valence-electron chi connectivity index (χ1n) is 6.43. The lowest BCUT2D eigenvalue weighted by atomic mass is 10.2. The van der Waals surface area contributed by atoms with Gasteiger partial charge in [-0.15, -0.1) is 0 Å². The fourth-order valence-electron chi connectivity index (χ4n) is 1.68. The molecule has 1 heterocycles. The largest absolute Gasteiger partial charge is 0.491 e. The molecule has 112 valence electrons. The molecule has 0 fully saturated rings. The number of hydrogen-bond acceptors (Lipinski definition) is 3. The van der Waals surface area contributed by atoms with Crippen LogP contribution in [0.2, 0.25) is 0 Å². The highest BCUT2D eigenvalue weighted by Gasteiger charge is 2.13. The molecular formula is C15H15F3N2O. The summed E-state index contributed by atoms with van der Waals surface area (Å²) >= 11 is 0. The van der Waals surface area contributed by atoms with Gasteiger partial charge in [0.2, 0.25) is 0 Å². The average molecular weight is 296 g/mol. The maximum Gasteiger partial charge on any atom is 0.251 e. The summed E-state index contributed by atoms with van der Waals surface area (Å²) in [5, 5.41) is 2.64. The number of ether oxygens (including phenoxy) is 1. The molecule has 0 saturated carbocycles. The number of pyridine rings is 1. The molecule has 1 atom stereocenters. The molecule has 0 aliphatic heterocycles. The van der Waals surface area contributed by atoms with Crippen LogP contribution >= 0.6 is 0 Å². The van der Waals surface area contributed by atoms with Crippen LogP contribution in [0.25, 0.3) is 0 Å². The summed E-state index contributed by atoms with van der Waals surface area (Å²) in [5.41, 5.74) is 1.11. The van der Waals surface area contributed by atoms with Gasteiger partial charge in [-0.05, 0) is 26.0 Å². The van der Waals surface area contributed by atoms with Crippen LogP contribution in [-0.2, 0) is 0 Å². The molecule has 6 heteroatoms. The molecule has 2 rings (SSSR count). The summed E-state index contributed by atoms with van der Waals surface area (Å²) in [6.07, 6.45) is 0. The third-order valence-corrected chi connectivity index (χ3v) is 2.79. The van der Waals surface area contributed by atoms with Gasteiger partial charge in [-0.1, -0.05) is 17.7 Å². The molecule has 0 saturated heterocycles. The van der Waals surface area contributed by atoms with Crippen molar-refractivity contribution >= 4 is 5.82 Å². The van der Waals surface area contributed by atoms with Gasteiger partial charge in [-0.3, -0.25) is 0 Å². The van der Waals surface area contributed by atoms with Crippen molar-refractivity contribution in [2.24, 2.45) is 0 Å². The van der Waals surface area contributed by atoms with E-state index in [0.717, 1.165) is 5.56 Å². The minimum Gasteiger partial charge on any atom is -0.491 e. The van der Waals surface area contributed by atoms with Crippen molar-refractivity contribution < 1.29 is 17.9 Å². The summed E-state index contributed by atoms with van der Waals surface area (Å²) in [4.78, 5) is 3.20. The summed E-state index contributed by atoms with van der Waals surface area (Å²) in [6, 6.07) is 7.57. The van der Waals surface area contributed by atoms with Crippen molar-refractivity contribution in [1.29, 1.82) is 0 Å².